The van der Waals surface area contributed by atoms with E-state index >= 15 is 0 Å². The van der Waals surface area contributed by atoms with Gasteiger partial charge in [0.1, 0.15) is 5.75 Å². The molecule has 21 heavy (non-hydrogen) atoms. The van der Waals surface area contributed by atoms with Crippen LogP contribution in [-0.2, 0) is 0 Å². The number of benzene rings is 2. The summed E-state index contributed by atoms with van der Waals surface area (Å²) in [5.41, 5.74) is 6.89. The van der Waals surface area contributed by atoms with Crippen LogP contribution in [-0.4, -0.2) is 13.1 Å². The number of hydrogen-bond acceptors (Lipinski definition) is 3. The lowest BCUT2D eigenvalue weighted by Gasteiger charge is -2.13. The summed E-state index contributed by atoms with van der Waals surface area (Å²) in [6.07, 6.45) is 0. The number of urea groups is 1. The van der Waals surface area contributed by atoms with Crippen LogP contribution in [0.4, 0.5) is 21.9 Å². The van der Waals surface area contributed by atoms with E-state index in [9.17, 15) is 4.79 Å². The number of nitrogens with one attached hydrogen (secondary N) is 2. The van der Waals surface area contributed by atoms with Crippen molar-refractivity contribution in [3.05, 3.63) is 46.4 Å². The fourth-order valence-electron chi connectivity index (χ4n) is 1.74. The monoisotopic (exact) mass is 325 g/mol. The Balaban J connectivity index is 2.16. The molecule has 0 radical (unpaired) electrons. The average Bonchev–Trinajstić information content (AvgIpc) is 2.43. The summed E-state index contributed by atoms with van der Waals surface area (Å²) < 4.78 is 5.15. The van der Waals surface area contributed by atoms with E-state index in [-0.39, 0.29) is 10.7 Å². The lowest BCUT2D eigenvalue weighted by Crippen LogP contribution is -2.20. The third-order valence-electron chi connectivity index (χ3n) is 2.68. The van der Waals surface area contributed by atoms with Gasteiger partial charge in [-0.15, -0.1) is 0 Å². The van der Waals surface area contributed by atoms with Crippen molar-refractivity contribution in [3.8, 4) is 5.75 Å². The number of nitrogens with two attached hydrogens (primary N) is 1. The van der Waals surface area contributed by atoms with E-state index in [1.807, 2.05) is 0 Å². The molecular formula is C14H13Cl2N3O2. The first-order chi connectivity index (χ1) is 10.0. The molecule has 0 aliphatic heterocycles. The average molecular weight is 326 g/mol. The van der Waals surface area contributed by atoms with Gasteiger partial charge in [0.15, 0.2) is 0 Å². The first kappa shape index (κ1) is 15.3. The van der Waals surface area contributed by atoms with Gasteiger partial charge in [-0.2, -0.15) is 0 Å². The van der Waals surface area contributed by atoms with Crippen LogP contribution in [0, 0.1) is 0 Å². The number of hydrogen-bond donors (Lipinski definition) is 3. The van der Waals surface area contributed by atoms with Crippen LogP contribution in [0.25, 0.3) is 0 Å². The Morgan fingerprint density at radius 3 is 2.57 bits per heavy atom. The minimum Gasteiger partial charge on any atom is -0.495 e. The van der Waals surface area contributed by atoms with E-state index < -0.39 is 6.03 Å². The molecule has 0 unspecified atom stereocenters. The molecule has 2 aromatic carbocycles. The van der Waals surface area contributed by atoms with Crippen molar-refractivity contribution in [2.45, 2.75) is 0 Å². The van der Waals surface area contributed by atoms with Gasteiger partial charge in [0.05, 0.1) is 29.2 Å². The molecule has 0 aliphatic carbocycles. The Morgan fingerprint density at radius 2 is 1.90 bits per heavy atom. The molecule has 2 rings (SSSR count). The Labute approximate surface area is 132 Å². The number of halogens is 2. The molecule has 2 aromatic rings. The highest BCUT2D eigenvalue weighted by molar-refractivity contribution is 6.37. The molecule has 0 fully saturated rings. The second kappa shape index (κ2) is 6.56. The van der Waals surface area contributed by atoms with Crippen LogP contribution in [0.1, 0.15) is 0 Å². The molecule has 0 atom stereocenters. The summed E-state index contributed by atoms with van der Waals surface area (Å²) in [4.78, 5) is 12.0. The number of carbonyl (C=O) groups is 1. The second-order valence-corrected chi connectivity index (χ2v) is 4.97. The van der Waals surface area contributed by atoms with E-state index in [0.717, 1.165) is 0 Å². The van der Waals surface area contributed by atoms with Crippen molar-refractivity contribution in [3.63, 3.8) is 0 Å². The molecule has 7 heteroatoms. The Bertz CT molecular complexity index is 654. The highest BCUT2D eigenvalue weighted by Crippen LogP contribution is 2.32. The summed E-state index contributed by atoms with van der Waals surface area (Å²) in [7, 11) is 1.52. The molecule has 0 heterocycles. The molecule has 0 saturated carbocycles. The van der Waals surface area contributed by atoms with Crippen LogP contribution in [0.3, 0.4) is 0 Å². The van der Waals surface area contributed by atoms with Gasteiger partial charge in [0, 0.05) is 5.02 Å². The lowest BCUT2D eigenvalue weighted by molar-refractivity contribution is 0.262. The molecular weight excluding hydrogens is 313 g/mol. The van der Waals surface area contributed by atoms with Crippen LogP contribution >= 0.6 is 23.2 Å². The van der Waals surface area contributed by atoms with Gasteiger partial charge in [0.25, 0.3) is 0 Å². The van der Waals surface area contributed by atoms with Crippen molar-refractivity contribution in [2.75, 3.05) is 23.5 Å². The highest BCUT2D eigenvalue weighted by Gasteiger charge is 2.12. The first-order valence-corrected chi connectivity index (χ1v) is 6.72. The molecule has 0 spiro atoms. The largest absolute Gasteiger partial charge is 0.495 e. The Hall–Kier alpha value is -2.11. The summed E-state index contributed by atoms with van der Waals surface area (Å²) in [6, 6.07) is 9.54. The number of anilines is 3. The standard InChI is InChI=1S/C14H13Cl2N3O2/c1-21-12-5-3-2-4-11(12)18-14(20)19-13-9(16)6-8(15)7-10(13)17/h2-7H,17H2,1H3,(H2,18,19,20). The zero-order valence-electron chi connectivity index (χ0n) is 11.1. The van der Waals surface area contributed by atoms with E-state index in [1.165, 1.54) is 19.2 Å². The number of methoxy groups -OCH3 is 1. The lowest BCUT2D eigenvalue weighted by atomic mass is 10.2. The van der Waals surface area contributed by atoms with Crippen molar-refractivity contribution >= 4 is 46.3 Å². The quantitative estimate of drug-likeness (QED) is 0.739. The summed E-state index contributed by atoms with van der Waals surface area (Å²) in [6.45, 7) is 0. The topological polar surface area (TPSA) is 76.4 Å². The van der Waals surface area contributed by atoms with Gasteiger partial charge in [0.2, 0.25) is 0 Å². The smallest absolute Gasteiger partial charge is 0.323 e. The molecule has 0 saturated heterocycles. The Morgan fingerprint density at radius 1 is 1.19 bits per heavy atom. The number of ether oxygens (including phenoxy) is 1. The third kappa shape index (κ3) is 3.71. The maximum absolute atomic E-state index is 12.0. The number of nitrogen functional groups attached to an aromatic ring is 1. The van der Waals surface area contributed by atoms with Crippen LogP contribution in [0.5, 0.6) is 5.75 Å². The van der Waals surface area contributed by atoms with Gasteiger partial charge in [-0.1, -0.05) is 35.3 Å². The fraction of sp³-hybridized carbons (Fsp3) is 0.0714. The predicted octanol–water partition coefficient (Wildman–Crippen LogP) is 4.23. The van der Waals surface area contributed by atoms with Gasteiger partial charge < -0.3 is 21.1 Å². The molecule has 4 N–H and O–H groups in total. The summed E-state index contributed by atoms with van der Waals surface area (Å²) >= 11 is 11.8. The second-order valence-electron chi connectivity index (χ2n) is 4.13. The first-order valence-electron chi connectivity index (χ1n) is 5.97. The van der Waals surface area contributed by atoms with E-state index in [4.69, 9.17) is 33.7 Å². The van der Waals surface area contributed by atoms with Crippen LogP contribution in [0.15, 0.2) is 36.4 Å². The number of amides is 2. The molecule has 0 aliphatic rings. The van der Waals surface area contributed by atoms with Crippen molar-refractivity contribution in [2.24, 2.45) is 0 Å². The van der Waals surface area contributed by atoms with Crippen molar-refractivity contribution in [1.82, 2.24) is 0 Å². The molecule has 2 amide bonds. The van der Waals surface area contributed by atoms with Gasteiger partial charge in [-0.05, 0) is 24.3 Å². The zero-order valence-corrected chi connectivity index (χ0v) is 12.6. The minimum atomic E-state index is -0.490. The highest BCUT2D eigenvalue weighted by atomic mass is 35.5. The normalized spacial score (nSPS) is 10.0. The predicted molar refractivity (Wildman–Crippen MR) is 86.5 cm³/mol. The van der Waals surface area contributed by atoms with Crippen LogP contribution < -0.4 is 21.1 Å². The van der Waals surface area contributed by atoms with Gasteiger partial charge in [-0.3, -0.25) is 0 Å². The van der Waals surface area contributed by atoms with E-state index in [2.05, 4.69) is 10.6 Å². The summed E-state index contributed by atoms with van der Waals surface area (Å²) in [5.74, 6) is 0.544. The van der Waals surface area contributed by atoms with Crippen molar-refractivity contribution in [1.29, 1.82) is 0 Å². The van der Waals surface area contributed by atoms with Gasteiger partial charge in [-0.25, -0.2) is 4.79 Å². The van der Waals surface area contributed by atoms with Gasteiger partial charge >= 0.3 is 6.03 Å². The molecule has 5 nitrogen and oxygen atoms in total. The Kier molecular flexibility index (Phi) is 4.77. The zero-order chi connectivity index (χ0) is 15.4. The van der Waals surface area contributed by atoms with Crippen molar-refractivity contribution < 1.29 is 9.53 Å². The maximum Gasteiger partial charge on any atom is 0.323 e. The SMILES string of the molecule is COc1ccccc1NC(=O)Nc1c(N)cc(Cl)cc1Cl. The maximum atomic E-state index is 12.0. The number of rotatable bonds is 3. The number of para-hydroxylation sites is 2. The van der Waals surface area contributed by atoms with E-state index in [0.29, 0.717) is 22.1 Å². The molecule has 0 aromatic heterocycles. The van der Waals surface area contributed by atoms with Crippen LogP contribution in [0.2, 0.25) is 10.0 Å². The fourth-order valence-corrected chi connectivity index (χ4v) is 2.30. The minimum absolute atomic E-state index is 0.259. The summed E-state index contributed by atoms with van der Waals surface area (Å²) in [5, 5.41) is 5.90. The molecule has 110 valence electrons. The number of carbonyl (C=O) groups excluding carboxylic acids is 1. The molecule has 0 bridgehead atoms. The third-order valence-corrected chi connectivity index (χ3v) is 3.20. The van der Waals surface area contributed by atoms with E-state index in [1.54, 1.807) is 24.3 Å².